The molecule has 0 aliphatic rings. The molecule has 2 N–H and O–H groups in total. The minimum absolute atomic E-state index is 0.0955. The Labute approximate surface area is 151 Å². The van der Waals surface area contributed by atoms with Gasteiger partial charge in [-0.3, -0.25) is 4.79 Å². The molecular weight excluding hydrogens is 334 g/mol. The number of hydrogen-bond donors (Lipinski definition) is 2. The lowest BCUT2D eigenvalue weighted by atomic mass is 10.0. The molecule has 0 aliphatic carbocycles. The van der Waals surface area contributed by atoms with E-state index < -0.39 is 0 Å². The second kappa shape index (κ2) is 7.81. The molecule has 0 aliphatic heterocycles. The van der Waals surface area contributed by atoms with Crippen LogP contribution in [0.4, 0.5) is 5.69 Å². The highest BCUT2D eigenvalue weighted by Gasteiger charge is 2.04. The van der Waals surface area contributed by atoms with Crippen LogP contribution in [0.25, 0.3) is 10.8 Å². The number of hydrogen-bond acceptors (Lipinski definition) is 3. The summed E-state index contributed by atoms with van der Waals surface area (Å²) in [6.07, 6.45) is 0. The molecule has 0 spiro atoms. The summed E-state index contributed by atoms with van der Waals surface area (Å²) in [5, 5.41) is 10.1. The Morgan fingerprint density at radius 2 is 1.72 bits per heavy atom. The van der Waals surface area contributed by atoms with E-state index >= 15 is 0 Å². The van der Waals surface area contributed by atoms with Gasteiger partial charge in [0.2, 0.25) is 0 Å². The van der Waals surface area contributed by atoms with Gasteiger partial charge in [-0.15, -0.1) is 0 Å². The molecular formula is C20H18ClN3O. The fourth-order valence-electron chi connectivity index (χ4n) is 2.44. The Balaban J connectivity index is 1.62. The summed E-state index contributed by atoms with van der Waals surface area (Å²) in [6.45, 7) is 1.96. The molecule has 0 aromatic heterocycles. The maximum absolute atomic E-state index is 12.0. The number of anilines is 1. The van der Waals surface area contributed by atoms with Gasteiger partial charge in [-0.1, -0.05) is 60.1 Å². The molecule has 0 unspecified atom stereocenters. The zero-order valence-electron chi connectivity index (χ0n) is 13.8. The lowest BCUT2D eigenvalue weighted by Gasteiger charge is -2.08. The van der Waals surface area contributed by atoms with Gasteiger partial charge in [0.25, 0.3) is 5.91 Å². The SMILES string of the molecule is C/C(=N/NC(=O)CNc1ccccc1Cl)c1ccc2ccccc2c1. The molecule has 5 heteroatoms. The summed E-state index contributed by atoms with van der Waals surface area (Å²) in [7, 11) is 0. The van der Waals surface area contributed by atoms with E-state index in [9.17, 15) is 4.79 Å². The average molecular weight is 352 g/mol. The molecule has 0 fully saturated rings. The number of hydrazone groups is 1. The number of benzene rings is 3. The monoisotopic (exact) mass is 351 g/mol. The van der Waals surface area contributed by atoms with Crippen LogP contribution >= 0.6 is 11.6 Å². The number of nitrogens with zero attached hydrogens (tertiary/aromatic N) is 1. The number of halogens is 1. The zero-order chi connectivity index (χ0) is 17.6. The first-order valence-electron chi connectivity index (χ1n) is 7.94. The van der Waals surface area contributed by atoms with E-state index in [0.29, 0.717) is 5.02 Å². The van der Waals surface area contributed by atoms with E-state index in [1.165, 1.54) is 5.39 Å². The predicted molar refractivity (Wildman–Crippen MR) is 104 cm³/mol. The van der Waals surface area contributed by atoms with Crippen LogP contribution in [0.2, 0.25) is 5.02 Å². The Hall–Kier alpha value is -2.85. The third-order valence-electron chi connectivity index (χ3n) is 3.83. The molecule has 3 aromatic rings. The molecule has 126 valence electrons. The molecule has 4 nitrogen and oxygen atoms in total. The molecule has 0 saturated carbocycles. The summed E-state index contributed by atoms with van der Waals surface area (Å²) in [5.74, 6) is -0.236. The molecule has 0 heterocycles. The van der Waals surface area contributed by atoms with Gasteiger partial charge in [-0.05, 0) is 41.5 Å². The highest BCUT2D eigenvalue weighted by atomic mass is 35.5. The quantitative estimate of drug-likeness (QED) is 0.527. The van der Waals surface area contributed by atoms with Crippen molar-refractivity contribution in [2.75, 3.05) is 11.9 Å². The van der Waals surface area contributed by atoms with Crippen LogP contribution in [0.1, 0.15) is 12.5 Å². The van der Waals surface area contributed by atoms with E-state index in [2.05, 4.69) is 34.0 Å². The van der Waals surface area contributed by atoms with Crippen molar-refractivity contribution in [2.45, 2.75) is 6.92 Å². The van der Waals surface area contributed by atoms with Crippen LogP contribution in [0, 0.1) is 0 Å². The van der Waals surface area contributed by atoms with E-state index in [0.717, 1.165) is 22.3 Å². The summed E-state index contributed by atoms with van der Waals surface area (Å²) >= 11 is 6.04. The number of nitrogens with one attached hydrogen (secondary N) is 2. The first kappa shape index (κ1) is 17.0. The van der Waals surface area contributed by atoms with Crippen LogP contribution in [-0.4, -0.2) is 18.2 Å². The maximum Gasteiger partial charge on any atom is 0.259 e. The van der Waals surface area contributed by atoms with E-state index in [4.69, 9.17) is 11.6 Å². The third-order valence-corrected chi connectivity index (χ3v) is 4.16. The minimum Gasteiger partial charge on any atom is -0.375 e. The lowest BCUT2D eigenvalue weighted by molar-refractivity contribution is -0.119. The molecule has 0 saturated heterocycles. The van der Waals surface area contributed by atoms with Gasteiger partial charge < -0.3 is 5.32 Å². The van der Waals surface area contributed by atoms with Crippen LogP contribution in [-0.2, 0) is 4.79 Å². The topological polar surface area (TPSA) is 53.5 Å². The first-order valence-corrected chi connectivity index (χ1v) is 8.32. The number of para-hydroxylation sites is 1. The Bertz CT molecular complexity index is 937. The van der Waals surface area contributed by atoms with Crippen molar-refractivity contribution >= 4 is 39.7 Å². The molecule has 1 amide bonds. The van der Waals surface area contributed by atoms with E-state index in [1.807, 2.05) is 49.4 Å². The summed E-state index contributed by atoms with van der Waals surface area (Å²) in [5.41, 5.74) is 5.00. The fraction of sp³-hybridized carbons (Fsp3) is 0.100. The Morgan fingerprint density at radius 1 is 1.00 bits per heavy atom. The van der Waals surface area contributed by atoms with Crippen LogP contribution in [0.15, 0.2) is 71.8 Å². The Morgan fingerprint density at radius 3 is 2.52 bits per heavy atom. The molecule has 0 bridgehead atoms. The molecule has 0 radical (unpaired) electrons. The highest BCUT2D eigenvalue weighted by Crippen LogP contribution is 2.20. The van der Waals surface area contributed by atoms with Gasteiger partial charge in [0.15, 0.2) is 0 Å². The number of carbonyl (C=O) groups excluding carboxylic acids is 1. The third kappa shape index (κ3) is 4.37. The average Bonchev–Trinajstić information content (AvgIpc) is 2.65. The molecule has 3 rings (SSSR count). The van der Waals surface area contributed by atoms with Crippen molar-refractivity contribution in [1.29, 1.82) is 0 Å². The van der Waals surface area contributed by atoms with E-state index in [-0.39, 0.29) is 12.5 Å². The van der Waals surface area contributed by atoms with Crippen LogP contribution < -0.4 is 10.7 Å². The molecule has 3 aromatic carbocycles. The van der Waals surface area contributed by atoms with Gasteiger partial charge in [0.05, 0.1) is 23.0 Å². The smallest absolute Gasteiger partial charge is 0.259 e. The summed E-state index contributed by atoms with van der Waals surface area (Å²) in [4.78, 5) is 12.0. The van der Waals surface area contributed by atoms with Crippen molar-refractivity contribution in [3.63, 3.8) is 0 Å². The van der Waals surface area contributed by atoms with Crippen molar-refractivity contribution in [2.24, 2.45) is 5.10 Å². The van der Waals surface area contributed by atoms with Gasteiger partial charge in [0, 0.05) is 0 Å². The van der Waals surface area contributed by atoms with Gasteiger partial charge in [-0.2, -0.15) is 5.10 Å². The Kier molecular flexibility index (Phi) is 5.31. The zero-order valence-corrected chi connectivity index (χ0v) is 14.5. The highest BCUT2D eigenvalue weighted by molar-refractivity contribution is 6.33. The van der Waals surface area contributed by atoms with Crippen molar-refractivity contribution in [3.05, 3.63) is 77.3 Å². The largest absolute Gasteiger partial charge is 0.375 e. The van der Waals surface area contributed by atoms with Crippen molar-refractivity contribution < 1.29 is 4.79 Å². The normalized spacial score (nSPS) is 11.4. The lowest BCUT2D eigenvalue weighted by Crippen LogP contribution is -2.26. The number of amides is 1. The standard InChI is InChI=1S/C20H18ClN3O/c1-14(16-11-10-15-6-2-3-7-17(15)12-16)23-24-20(25)13-22-19-9-5-4-8-18(19)21/h2-12,22H,13H2,1H3,(H,24,25)/b23-14-. The number of fused-ring (bicyclic) bond motifs is 1. The molecule has 25 heavy (non-hydrogen) atoms. The summed E-state index contributed by atoms with van der Waals surface area (Å²) in [6, 6.07) is 21.5. The first-order chi connectivity index (χ1) is 12.1. The molecule has 0 atom stereocenters. The minimum atomic E-state index is -0.236. The van der Waals surface area contributed by atoms with E-state index in [1.54, 1.807) is 6.07 Å². The van der Waals surface area contributed by atoms with Crippen LogP contribution in [0.5, 0.6) is 0 Å². The second-order valence-corrected chi connectivity index (χ2v) is 6.03. The number of carbonyl (C=O) groups is 1. The van der Waals surface area contributed by atoms with Gasteiger partial charge in [0.1, 0.15) is 0 Å². The maximum atomic E-state index is 12.0. The van der Waals surface area contributed by atoms with Gasteiger partial charge in [-0.25, -0.2) is 5.43 Å². The second-order valence-electron chi connectivity index (χ2n) is 5.63. The van der Waals surface area contributed by atoms with Gasteiger partial charge >= 0.3 is 0 Å². The number of rotatable bonds is 5. The summed E-state index contributed by atoms with van der Waals surface area (Å²) < 4.78 is 0. The van der Waals surface area contributed by atoms with Crippen LogP contribution in [0.3, 0.4) is 0 Å². The van der Waals surface area contributed by atoms with Crippen molar-refractivity contribution in [1.82, 2.24) is 5.43 Å². The van der Waals surface area contributed by atoms with Crippen molar-refractivity contribution in [3.8, 4) is 0 Å². The predicted octanol–water partition coefficient (Wildman–Crippen LogP) is 4.45. The fourth-order valence-corrected chi connectivity index (χ4v) is 2.65.